The third kappa shape index (κ3) is 4.58. The third-order valence-corrected chi connectivity index (χ3v) is 5.38. The largest absolute Gasteiger partial charge is 0.461 e. The number of aliphatic hydroxyl groups excluding tert-OH is 4. The molecule has 1 saturated heterocycles. The molecule has 0 amide bonds. The van der Waals surface area contributed by atoms with Gasteiger partial charge in [-0.15, -0.1) is 0 Å². The molecule has 174 valence electrons. The Kier molecular flexibility index (Phi) is 6.40. The van der Waals surface area contributed by atoms with Crippen LogP contribution in [0, 0.1) is 17.0 Å². The summed E-state index contributed by atoms with van der Waals surface area (Å²) in [4.78, 5) is 15.1. The van der Waals surface area contributed by atoms with Crippen LogP contribution in [0.3, 0.4) is 0 Å². The lowest BCUT2D eigenvalue weighted by atomic mass is 9.99. The maximum absolute atomic E-state index is 11.7. The fourth-order valence-corrected chi connectivity index (χ4v) is 3.55. The van der Waals surface area contributed by atoms with Gasteiger partial charge in [0.25, 0.3) is 0 Å². The zero-order chi connectivity index (χ0) is 23.7. The summed E-state index contributed by atoms with van der Waals surface area (Å²) >= 11 is 0. The Balaban J connectivity index is 1.62. The van der Waals surface area contributed by atoms with Gasteiger partial charge in [0.15, 0.2) is 0 Å². The first kappa shape index (κ1) is 22.8. The van der Waals surface area contributed by atoms with Crippen molar-refractivity contribution in [2.24, 2.45) is 0 Å². The minimum absolute atomic E-state index is 0.00101. The van der Waals surface area contributed by atoms with Gasteiger partial charge < -0.3 is 34.6 Å². The van der Waals surface area contributed by atoms with Crippen LogP contribution in [0.4, 0.5) is 5.69 Å². The van der Waals surface area contributed by atoms with Gasteiger partial charge in [0, 0.05) is 17.8 Å². The molecule has 11 nitrogen and oxygen atoms in total. The average Bonchev–Trinajstić information content (AvgIpc) is 2.80. The summed E-state index contributed by atoms with van der Waals surface area (Å²) in [7, 11) is 0. The first-order chi connectivity index (χ1) is 15.8. The molecule has 1 aliphatic rings. The number of hydrogen-bond donors (Lipinski definition) is 4. The van der Waals surface area contributed by atoms with Crippen molar-refractivity contribution in [3.63, 3.8) is 0 Å². The molecular formula is C22H22N2O9. The topological polar surface area (TPSA) is 165 Å². The normalized spacial score (nSPS) is 25.1. The zero-order valence-corrected chi connectivity index (χ0v) is 17.4. The van der Waals surface area contributed by atoms with E-state index in [9.17, 15) is 30.5 Å². The number of fused-ring (bicyclic) bond motifs is 1. The quantitative estimate of drug-likeness (QED) is 0.314. The van der Waals surface area contributed by atoms with E-state index in [0.29, 0.717) is 11.3 Å². The van der Waals surface area contributed by atoms with Crippen LogP contribution in [0.5, 0.6) is 17.2 Å². The van der Waals surface area contributed by atoms with E-state index in [4.69, 9.17) is 14.2 Å². The lowest BCUT2D eigenvalue weighted by Gasteiger charge is -2.39. The van der Waals surface area contributed by atoms with E-state index in [-0.39, 0.29) is 11.5 Å². The van der Waals surface area contributed by atoms with Crippen molar-refractivity contribution >= 4 is 16.5 Å². The van der Waals surface area contributed by atoms with Crippen LogP contribution >= 0.6 is 0 Å². The number of nitro benzene ring substituents is 1. The van der Waals surface area contributed by atoms with E-state index in [0.717, 1.165) is 16.8 Å². The smallest absolute Gasteiger partial charge is 0.315 e. The van der Waals surface area contributed by atoms with E-state index in [1.54, 1.807) is 31.5 Å². The second-order valence-electron chi connectivity index (χ2n) is 7.64. The summed E-state index contributed by atoms with van der Waals surface area (Å²) in [5.74, 6) is 0.351. The minimum atomic E-state index is -1.65. The Morgan fingerprint density at radius 2 is 1.85 bits per heavy atom. The number of benzene rings is 2. The van der Waals surface area contributed by atoms with E-state index in [1.165, 1.54) is 6.07 Å². The zero-order valence-electron chi connectivity index (χ0n) is 17.4. The molecule has 0 aliphatic carbocycles. The Labute approximate surface area is 187 Å². The number of nitrogens with zero attached hydrogens (tertiary/aromatic N) is 2. The summed E-state index contributed by atoms with van der Waals surface area (Å²) in [6, 6.07) is 9.55. The lowest BCUT2D eigenvalue weighted by molar-refractivity contribution is -0.385. The Bertz CT molecular complexity index is 1170. The Hall–Kier alpha value is -3.35. The molecule has 4 rings (SSSR count). The van der Waals surface area contributed by atoms with Gasteiger partial charge in [-0.1, -0.05) is 6.07 Å². The van der Waals surface area contributed by atoms with Crippen LogP contribution in [-0.2, 0) is 4.74 Å². The summed E-state index contributed by atoms with van der Waals surface area (Å²) in [6.45, 7) is 0.984. The van der Waals surface area contributed by atoms with Gasteiger partial charge in [0.1, 0.15) is 35.9 Å². The monoisotopic (exact) mass is 458 g/mol. The van der Waals surface area contributed by atoms with Crippen LogP contribution in [-0.4, -0.2) is 67.6 Å². The highest BCUT2D eigenvalue weighted by molar-refractivity contribution is 5.82. The van der Waals surface area contributed by atoms with Gasteiger partial charge in [-0.25, -0.2) is 0 Å². The Morgan fingerprint density at radius 3 is 2.58 bits per heavy atom. The standard InChI is InChI=1S/C22H22N2O9/c1-11-6-17(31-14-3-2-12-4-5-23-9-13(12)7-14)15(24(29)30)8-16(11)32-22-21(28)20(27)19(26)18(10-25)33-22/h2-9,18-22,25-28H,10H2,1H3. The second-order valence-corrected chi connectivity index (χ2v) is 7.64. The molecule has 0 radical (unpaired) electrons. The molecule has 1 aliphatic heterocycles. The molecule has 2 aromatic carbocycles. The van der Waals surface area contributed by atoms with Gasteiger partial charge in [0.05, 0.1) is 17.6 Å². The van der Waals surface area contributed by atoms with E-state index < -0.39 is 47.9 Å². The van der Waals surface area contributed by atoms with Crippen LogP contribution in [0.15, 0.2) is 48.8 Å². The van der Waals surface area contributed by atoms with Crippen molar-refractivity contribution in [1.82, 2.24) is 4.98 Å². The number of ether oxygens (including phenoxy) is 3. The highest BCUT2D eigenvalue weighted by atomic mass is 16.7. The van der Waals surface area contributed by atoms with Gasteiger partial charge in [-0.2, -0.15) is 0 Å². The molecule has 1 fully saturated rings. The van der Waals surface area contributed by atoms with Gasteiger partial charge in [-0.3, -0.25) is 15.1 Å². The first-order valence-corrected chi connectivity index (χ1v) is 10.1. The van der Waals surface area contributed by atoms with Crippen molar-refractivity contribution in [1.29, 1.82) is 0 Å². The van der Waals surface area contributed by atoms with Gasteiger partial charge in [-0.05, 0) is 42.1 Å². The van der Waals surface area contributed by atoms with E-state index in [2.05, 4.69) is 4.98 Å². The van der Waals surface area contributed by atoms with Crippen molar-refractivity contribution in [3.8, 4) is 17.2 Å². The number of pyridine rings is 1. The van der Waals surface area contributed by atoms with Crippen LogP contribution in [0.1, 0.15) is 5.56 Å². The van der Waals surface area contributed by atoms with Crippen molar-refractivity contribution in [2.75, 3.05) is 6.61 Å². The molecule has 1 aromatic heterocycles. The molecule has 2 heterocycles. The predicted octanol–water partition coefficient (Wildman–Crippen LogP) is 1.42. The summed E-state index contributed by atoms with van der Waals surface area (Å²) in [5, 5.41) is 52.8. The van der Waals surface area contributed by atoms with Crippen molar-refractivity contribution in [2.45, 2.75) is 37.6 Å². The highest BCUT2D eigenvalue weighted by Crippen LogP contribution is 2.38. The van der Waals surface area contributed by atoms with Gasteiger partial charge in [0.2, 0.25) is 12.0 Å². The number of aromatic nitrogens is 1. The van der Waals surface area contributed by atoms with Crippen molar-refractivity contribution < 1.29 is 39.6 Å². The van der Waals surface area contributed by atoms with E-state index in [1.807, 2.05) is 12.1 Å². The average molecular weight is 458 g/mol. The SMILES string of the molecule is Cc1cc(Oc2ccc3ccncc3c2)c([N+](=O)[O-])cc1OC1OC(CO)C(O)C(O)C1O. The first-order valence-electron chi connectivity index (χ1n) is 10.1. The molecule has 11 heteroatoms. The highest BCUT2D eigenvalue weighted by Gasteiger charge is 2.45. The molecule has 0 bridgehead atoms. The number of nitro groups is 1. The van der Waals surface area contributed by atoms with E-state index >= 15 is 0 Å². The van der Waals surface area contributed by atoms with Crippen LogP contribution in [0.25, 0.3) is 10.8 Å². The predicted molar refractivity (Wildman–Crippen MR) is 114 cm³/mol. The molecule has 0 spiro atoms. The molecule has 3 aromatic rings. The molecule has 0 saturated carbocycles. The molecule has 33 heavy (non-hydrogen) atoms. The summed E-state index contributed by atoms with van der Waals surface area (Å²) < 4.78 is 16.7. The Morgan fingerprint density at radius 1 is 1.06 bits per heavy atom. The number of hydrogen-bond acceptors (Lipinski definition) is 10. The molecule has 5 atom stereocenters. The van der Waals surface area contributed by atoms with Gasteiger partial charge >= 0.3 is 5.69 Å². The van der Waals surface area contributed by atoms with Crippen molar-refractivity contribution in [3.05, 3.63) is 64.5 Å². The number of rotatable bonds is 6. The summed E-state index contributed by atoms with van der Waals surface area (Å²) in [5.41, 5.74) is 0.0292. The fraction of sp³-hybridized carbons (Fsp3) is 0.318. The second kappa shape index (κ2) is 9.25. The third-order valence-electron chi connectivity index (χ3n) is 5.38. The maximum Gasteiger partial charge on any atom is 0.315 e. The number of aliphatic hydroxyl groups is 4. The molecular weight excluding hydrogens is 436 g/mol. The fourth-order valence-electron chi connectivity index (χ4n) is 3.55. The molecule has 4 N–H and O–H groups in total. The molecule has 5 unspecified atom stereocenters. The lowest BCUT2D eigenvalue weighted by Crippen LogP contribution is -2.60. The van der Waals surface area contributed by atoms with Crippen LogP contribution < -0.4 is 9.47 Å². The van der Waals surface area contributed by atoms with Crippen LogP contribution in [0.2, 0.25) is 0 Å². The number of aryl methyl sites for hydroxylation is 1. The minimum Gasteiger partial charge on any atom is -0.461 e. The maximum atomic E-state index is 11.7. The summed E-state index contributed by atoms with van der Waals surface area (Å²) in [6.07, 6.45) is -4.17.